The number of nitrogens with zero attached hydrogens (tertiary/aromatic N) is 9. The molecule has 10 atom stereocenters. The van der Waals surface area contributed by atoms with E-state index >= 15 is 28.4 Å². The molecular weight excluding hydrogens is 1320 g/mol. The van der Waals surface area contributed by atoms with Crippen LogP contribution < -0.4 is 16.0 Å². The van der Waals surface area contributed by atoms with Gasteiger partial charge in [0, 0.05) is 94.3 Å². The number of hydrogen-bond donors (Lipinski definition) is 3. The summed E-state index contributed by atoms with van der Waals surface area (Å²) in [6.45, 7) is 9.99. The predicted molar refractivity (Wildman–Crippen MR) is 372 cm³/mol. The summed E-state index contributed by atoms with van der Waals surface area (Å²) in [5.74, 6) is -9.57. The number of aryl methyl sites for hydroxylation is 2. The molecule has 0 radical (unpaired) electrons. The molecule has 0 bridgehead atoms. The van der Waals surface area contributed by atoms with Gasteiger partial charge in [0.05, 0.1) is 12.1 Å². The van der Waals surface area contributed by atoms with E-state index in [4.69, 9.17) is 0 Å². The molecule has 2 saturated carbocycles. The molecule has 11 amide bonds. The van der Waals surface area contributed by atoms with Crippen LogP contribution in [0.4, 0.5) is 17.6 Å². The van der Waals surface area contributed by atoms with E-state index in [9.17, 15) is 46.7 Å². The summed E-state index contributed by atoms with van der Waals surface area (Å²) in [4.78, 5) is 190. The monoisotopic (exact) mass is 1430 g/mol. The molecule has 3 heterocycles. The number of carbonyl (C=O) groups is 12. The van der Waals surface area contributed by atoms with Crippen molar-refractivity contribution in [2.45, 2.75) is 223 Å². The standard InChI is InChI=1S/C74H108F4N12O12/c1-15-47(5)62-69(100)84(10)48(6)66(97)90-36-32-57(90)68(99)88(14)72(44-91,41-50-26-24-46(4)25-27-50)43-83(9)42-59(92)79-55(31-29-49-28-30-53(54(75)38-49)74(76,77)78)67(98)89-35-20-23-56(89)65(96)81-73(33-18-19-34-73)71(102)87(13)63(51-21-16-17-22-51)70(101)85(11)52(39-60(93)82(7)8)40-61(94)86(12)58(37-45(2)3)64(95)80-62/h24-28,30,38,44-45,47-48,51-52,55-58,62-63H,15-23,29,31-37,39-43H2,1-14H3,(H,79,92)(H,80,95)(H,81,96)/t47-,48-,52+,55-,56-,57-,58-,62-,63-,72-/m0/s1. The summed E-state index contributed by atoms with van der Waals surface area (Å²) in [5.41, 5.74) is -3.22. The second-order valence-electron chi connectivity index (χ2n) is 30.1. The summed E-state index contributed by atoms with van der Waals surface area (Å²) in [6.07, 6.45) is -0.789. The molecule has 0 aromatic heterocycles. The lowest BCUT2D eigenvalue weighted by Crippen LogP contribution is -2.67. The number of carbonyl (C=O) groups excluding carboxylic acids is 12. The van der Waals surface area contributed by atoms with Crippen LogP contribution >= 0.6 is 0 Å². The molecule has 1 spiro atoms. The third-order valence-electron chi connectivity index (χ3n) is 22.1. The zero-order chi connectivity index (χ0) is 75.6. The normalized spacial score (nSPS) is 27.2. The average molecular weight is 1430 g/mol. The second kappa shape index (κ2) is 34.5. The maximum atomic E-state index is 15.6. The minimum Gasteiger partial charge on any atom is -0.349 e. The molecule has 2 aliphatic carbocycles. The van der Waals surface area contributed by atoms with Gasteiger partial charge in [0.15, 0.2) is 0 Å². The Kier molecular flexibility index (Phi) is 27.5. The van der Waals surface area contributed by atoms with Crippen LogP contribution in [0.5, 0.6) is 0 Å². The minimum atomic E-state index is -5.01. The Bertz CT molecular complexity index is 3400. The Hall–Kier alpha value is -8.04. The van der Waals surface area contributed by atoms with Crippen LogP contribution in [0.3, 0.4) is 0 Å². The van der Waals surface area contributed by atoms with Crippen molar-refractivity contribution in [2.75, 3.05) is 82.6 Å². The topological polar surface area (TPSA) is 270 Å². The van der Waals surface area contributed by atoms with Crippen molar-refractivity contribution >= 4 is 71.3 Å². The first-order valence-electron chi connectivity index (χ1n) is 36.0. The smallest absolute Gasteiger partial charge is 0.349 e. The molecule has 3 N–H and O–H groups in total. The van der Waals surface area contributed by atoms with Gasteiger partial charge in [-0.2, -0.15) is 13.2 Å². The lowest BCUT2D eigenvalue weighted by atomic mass is 9.87. The van der Waals surface area contributed by atoms with Crippen molar-refractivity contribution in [2.24, 2.45) is 17.8 Å². The first kappa shape index (κ1) is 81.3. The van der Waals surface area contributed by atoms with Crippen molar-refractivity contribution in [3.8, 4) is 0 Å². The van der Waals surface area contributed by atoms with Crippen LogP contribution in [0, 0.1) is 30.5 Å². The van der Waals surface area contributed by atoms with Gasteiger partial charge in [-0.1, -0.05) is 95.7 Å². The van der Waals surface area contributed by atoms with Gasteiger partial charge in [0.2, 0.25) is 65.0 Å². The molecular formula is C74H108F4N12O12. The fourth-order valence-electron chi connectivity index (χ4n) is 15.3. The Morgan fingerprint density at radius 2 is 1.34 bits per heavy atom. The zero-order valence-electron chi connectivity index (χ0n) is 62.0. The lowest BCUT2D eigenvalue weighted by Gasteiger charge is -2.47. The first-order valence-corrected chi connectivity index (χ1v) is 36.0. The Morgan fingerprint density at radius 3 is 1.91 bits per heavy atom. The summed E-state index contributed by atoms with van der Waals surface area (Å²) < 4.78 is 56.4. The lowest BCUT2D eigenvalue weighted by molar-refractivity contribution is -0.161. The number of amides is 11. The van der Waals surface area contributed by atoms with E-state index in [0.717, 1.165) is 24.5 Å². The number of likely N-dealkylation sites (N-methyl/N-ethyl adjacent to an activating group) is 6. The Labute approximate surface area is 597 Å². The molecule has 7 rings (SSSR count). The highest BCUT2D eigenvalue weighted by Gasteiger charge is 2.52. The third kappa shape index (κ3) is 18.8. The number of nitrogens with one attached hydrogen (secondary N) is 3. The Morgan fingerprint density at radius 1 is 0.716 bits per heavy atom. The van der Waals surface area contributed by atoms with Crippen LogP contribution in [0.15, 0.2) is 42.5 Å². The predicted octanol–water partition coefficient (Wildman–Crippen LogP) is 5.14. The quantitative estimate of drug-likeness (QED) is 0.173. The van der Waals surface area contributed by atoms with Crippen LogP contribution in [0.2, 0.25) is 0 Å². The second-order valence-corrected chi connectivity index (χ2v) is 30.1. The number of alkyl halides is 3. The number of rotatable bonds is 13. The number of hydrogen-bond acceptors (Lipinski definition) is 13. The van der Waals surface area contributed by atoms with E-state index < -0.39 is 161 Å². The molecule has 564 valence electrons. The largest absolute Gasteiger partial charge is 0.419 e. The SMILES string of the molecule is CC[C@H](C)[C@@H]1NC(=O)[C@H](CC(C)C)N(C)C(=O)C[C@@H](CC(=O)N(C)C)N(C)C(=O)[C@H](C2CCCC2)N(C)C(=O)C2(CCCC2)NC(=O)[C@@H]2CCCN2C(=O)[C@H](CCc2ccc(C(F)(F)F)c(F)c2)NC(=O)CN(C)C[C@](C=O)(Cc2ccc(C)cc2)N(C)C(=O)[C@@H]2CCN2C(=O)[C@H](C)N(C)C1=O. The first-order chi connectivity index (χ1) is 47.9. The van der Waals surface area contributed by atoms with E-state index in [1.807, 2.05) is 39.8 Å². The molecule has 5 fully saturated rings. The van der Waals surface area contributed by atoms with Gasteiger partial charge in [-0.25, -0.2) is 4.39 Å². The van der Waals surface area contributed by atoms with Crippen LogP contribution in [0.25, 0.3) is 0 Å². The number of aldehydes is 1. The number of benzene rings is 2. The molecule has 5 aliphatic rings. The summed E-state index contributed by atoms with van der Waals surface area (Å²) >= 11 is 0. The van der Waals surface area contributed by atoms with E-state index in [-0.39, 0.29) is 94.8 Å². The minimum absolute atomic E-state index is 0.00257. The highest BCUT2D eigenvalue weighted by molar-refractivity contribution is 6.00. The highest BCUT2D eigenvalue weighted by Crippen LogP contribution is 2.38. The molecule has 28 heteroatoms. The van der Waals surface area contributed by atoms with E-state index in [2.05, 4.69) is 16.0 Å². The summed E-state index contributed by atoms with van der Waals surface area (Å²) in [7, 11) is 11.8. The van der Waals surface area contributed by atoms with Gasteiger partial charge in [0.25, 0.3) is 0 Å². The molecule has 24 nitrogen and oxygen atoms in total. The van der Waals surface area contributed by atoms with Crippen LogP contribution in [-0.4, -0.2) is 257 Å². The maximum Gasteiger partial charge on any atom is 0.419 e. The van der Waals surface area contributed by atoms with Gasteiger partial charge < -0.3 is 59.9 Å². The van der Waals surface area contributed by atoms with Gasteiger partial charge >= 0.3 is 6.18 Å². The van der Waals surface area contributed by atoms with Crippen molar-refractivity contribution in [3.63, 3.8) is 0 Å². The number of fused-ring (bicyclic) bond motifs is 2. The summed E-state index contributed by atoms with van der Waals surface area (Å²) in [6, 6.07) is -0.105. The van der Waals surface area contributed by atoms with E-state index in [1.54, 1.807) is 19.1 Å². The maximum absolute atomic E-state index is 15.6. The van der Waals surface area contributed by atoms with Crippen LogP contribution in [-0.2, 0) is 76.6 Å². The van der Waals surface area contributed by atoms with Gasteiger partial charge in [-0.05, 0) is 126 Å². The molecule has 3 aliphatic heterocycles. The van der Waals surface area contributed by atoms with Crippen molar-refractivity contribution < 1.29 is 75.1 Å². The van der Waals surface area contributed by atoms with Crippen molar-refractivity contribution in [1.29, 1.82) is 0 Å². The Balaban J connectivity index is 1.31. The number of halogens is 4. The van der Waals surface area contributed by atoms with E-state index in [1.165, 1.54) is 107 Å². The molecule has 2 aromatic carbocycles. The van der Waals surface area contributed by atoms with Crippen molar-refractivity contribution in [3.05, 3.63) is 70.5 Å². The average Bonchev–Trinajstić information content (AvgIpc) is 1.23. The van der Waals surface area contributed by atoms with Gasteiger partial charge in [0.1, 0.15) is 65.5 Å². The zero-order valence-corrected chi connectivity index (χ0v) is 62.0. The van der Waals surface area contributed by atoms with Crippen LogP contribution in [0.1, 0.15) is 160 Å². The fraction of sp³-hybridized carbons (Fsp3) is 0.676. The molecule has 3 saturated heterocycles. The van der Waals surface area contributed by atoms with Gasteiger partial charge in [-0.3, -0.25) is 57.6 Å². The molecule has 0 unspecified atom stereocenters. The summed E-state index contributed by atoms with van der Waals surface area (Å²) in [5, 5.41) is 8.75. The third-order valence-corrected chi connectivity index (χ3v) is 22.1. The van der Waals surface area contributed by atoms with Gasteiger partial charge in [-0.15, -0.1) is 0 Å². The molecule has 2 aromatic rings. The van der Waals surface area contributed by atoms with Crippen molar-refractivity contribution in [1.82, 2.24) is 60.0 Å². The van der Waals surface area contributed by atoms with E-state index in [0.29, 0.717) is 62.5 Å². The highest BCUT2D eigenvalue weighted by atomic mass is 19.4. The fourth-order valence-corrected chi connectivity index (χ4v) is 15.3. The molecule has 102 heavy (non-hydrogen) atoms.